The van der Waals surface area contributed by atoms with Crippen molar-refractivity contribution in [1.29, 1.82) is 0 Å². The number of anilines is 1. The van der Waals surface area contributed by atoms with Crippen molar-refractivity contribution in [3.8, 4) is 0 Å². The van der Waals surface area contributed by atoms with Gasteiger partial charge in [0.15, 0.2) is 0 Å². The van der Waals surface area contributed by atoms with Gasteiger partial charge in [0, 0.05) is 22.7 Å². The van der Waals surface area contributed by atoms with Crippen molar-refractivity contribution in [1.82, 2.24) is 10.2 Å². The highest BCUT2D eigenvalue weighted by molar-refractivity contribution is 9.10. The average Bonchev–Trinajstić information content (AvgIpc) is 2.72. The molecule has 3 N–H and O–H groups in total. The summed E-state index contributed by atoms with van der Waals surface area (Å²) in [6.45, 7) is 1.80. The molecule has 20 heavy (non-hydrogen) atoms. The Bertz CT molecular complexity index is 459. The van der Waals surface area contributed by atoms with Crippen molar-refractivity contribution in [3.63, 3.8) is 0 Å². The minimum absolute atomic E-state index is 0. The summed E-state index contributed by atoms with van der Waals surface area (Å²) in [7, 11) is 2.10. The number of amides is 1. The van der Waals surface area contributed by atoms with Crippen LogP contribution in [-0.2, 0) is 0 Å². The van der Waals surface area contributed by atoms with Crippen molar-refractivity contribution >= 4 is 52.3 Å². The van der Waals surface area contributed by atoms with Gasteiger partial charge in [-0.15, -0.1) is 24.8 Å². The van der Waals surface area contributed by atoms with Crippen molar-refractivity contribution in [2.75, 3.05) is 25.9 Å². The van der Waals surface area contributed by atoms with E-state index in [0.29, 0.717) is 23.8 Å². The zero-order valence-electron chi connectivity index (χ0n) is 11.3. The third kappa shape index (κ3) is 4.81. The Hall–Kier alpha value is -0.490. The smallest absolute Gasteiger partial charge is 0.253 e. The Morgan fingerprint density at radius 1 is 1.50 bits per heavy atom. The van der Waals surface area contributed by atoms with Gasteiger partial charge in [0.2, 0.25) is 0 Å². The minimum Gasteiger partial charge on any atom is -0.398 e. The molecule has 1 aromatic carbocycles. The Balaban J connectivity index is 0.00000180. The number of nitrogens with one attached hydrogen (secondary N) is 1. The molecule has 0 saturated carbocycles. The van der Waals surface area contributed by atoms with E-state index in [1.807, 2.05) is 6.07 Å². The Kier molecular flexibility index (Phi) is 8.51. The van der Waals surface area contributed by atoms with Crippen LogP contribution in [-0.4, -0.2) is 37.0 Å². The van der Waals surface area contributed by atoms with Gasteiger partial charge in [-0.05, 0) is 44.6 Å². The highest BCUT2D eigenvalue weighted by Crippen LogP contribution is 2.19. The summed E-state index contributed by atoms with van der Waals surface area (Å²) < 4.78 is 0.882. The standard InChI is InChI=1S/C13H18BrN3O.2ClH/c1-17-6-2-3-10(17)8-16-13(18)11-5-4-9(14)7-12(11)15;;/h4-5,7,10H,2-3,6,8,15H2,1H3,(H,16,18);2*1H. The minimum atomic E-state index is -0.0969. The molecule has 0 aromatic heterocycles. The summed E-state index contributed by atoms with van der Waals surface area (Å²) in [5, 5.41) is 2.96. The molecular formula is C13H20BrCl2N3O. The first-order chi connectivity index (χ1) is 8.58. The number of halogens is 3. The van der Waals surface area contributed by atoms with Crippen molar-refractivity contribution in [2.24, 2.45) is 0 Å². The average molecular weight is 385 g/mol. The topological polar surface area (TPSA) is 58.4 Å². The first-order valence-corrected chi connectivity index (χ1v) is 6.90. The highest BCUT2D eigenvalue weighted by atomic mass is 79.9. The summed E-state index contributed by atoms with van der Waals surface area (Å²) in [5.41, 5.74) is 6.87. The molecule has 1 fully saturated rings. The van der Waals surface area contributed by atoms with Crippen LogP contribution >= 0.6 is 40.7 Å². The van der Waals surface area contributed by atoms with Gasteiger partial charge < -0.3 is 16.0 Å². The molecule has 114 valence electrons. The Morgan fingerprint density at radius 3 is 2.75 bits per heavy atom. The first-order valence-electron chi connectivity index (χ1n) is 6.11. The van der Waals surface area contributed by atoms with Gasteiger partial charge in [-0.25, -0.2) is 0 Å². The molecule has 1 atom stereocenters. The summed E-state index contributed by atoms with van der Waals surface area (Å²) in [6, 6.07) is 5.77. The van der Waals surface area contributed by atoms with Crippen molar-refractivity contribution < 1.29 is 4.79 Å². The molecule has 1 heterocycles. The van der Waals surface area contributed by atoms with Crippen LogP contribution in [0.4, 0.5) is 5.69 Å². The molecule has 0 radical (unpaired) electrons. The number of nitrogen functional groups attached to an aromatic ring is 1. The maximum absolute atomic E-state index is 12.0. The van der Waals surface area contributed by atoms with Crippen molar-refractivity contribution in [2.45, 2.75) is 18.9 Å². The van der Waals surface area contributed by atoms with Crippen LogP contribution in [0.2, 0.25) is 0 Å². The second kappa shape index (κ2) is 8.72. The van der Waals surface area contributed by atoms with Crippen LogP contribution in [0.5, 0.6) is 0 Å². The number of nitrogens with two attached hydrogens (primary N) is 1. The van der Waals surface area contributed by atoms with E-state index in [1.54, 1.807) is 12.1 Å². The molecule has 1 unspecified atom stereocenters. The summed E-state index contributed by atoms with van der Waals surface area (Å²) in [6.07, 6.45) is 2.35. The number of hydrogen-bond acceptors (Lipinski definition) is 3. The van der Waals surface area contributed by atoms with E-state index in [4.69, 9.17) is 5.73 Å². The molecule has 1 saturated heterocycles. The number of likely N-dealkylation sites (N-methyl/N-ethyl adjacent to an activating group) is 1. The van der Waals surface area contributed by atoms with E-state index < -0.39 is 0 Å². The van der Waals surface area contributed by atoms with Crippen LogP contribution in [0, 0.1) is 0 Å². The molecule has 1 aromatic rings. The number of carbonyl (C=O) groups is 1. The molecule has 0 spiro atoms. The second-order valence-corrected chi connectivity index (χ2v) is 5.63. The number of likely N-dealkylation sites (tertiary alicyclic amines) is 1. The lowest BCUT2D eigenvalue weighted by Gasteiger charge is -2.19. The van der Waals surface area contributed by atoms with Gasteiger partial charge in [0.05, 0.1) is 5.56 Å². The van der Waals surface area contributed by atoms with Crippen molar-refractivity contribution in [3.05, 3.63) is 28.2 Å². The fraction of sp³-hybridized carbons (Fsp3) is 0.462. The number of benzene rings is 1. The molecule has 2 rings (SSSR count). The third-order valence-corrected chi connectivity index (χ3v) is 3.92. The van der Waals surface area contributed by atoms with Crippen LogP contribution in [0.15, 0.2) is 22.7 Å². The van der Waals surface area contributed by atoms with Crippen LogP contribution in [0.1, 0.15) is 23.2 Å². The van der Waals surface area contributed by atoms with Gasteiger partial charge >= 0.3 is 0 Å². The van der Waals surface area contributed by atoms with Gasteiger partial charge in [-0.2, -0.15) is 0 Å². The molecule has 1 aliphatic heterocycles. The summed E-state index contributed by atoms with van der Waals surface area (Å²) in [4.78, 5) is 14.3. The predicted octanol–water partition coefficient (Wildman–Crippen LogP) is 2.70. The molecule has 0 aliphatic carbocycles. The molecule has 1 amide bonds. The second-order valence-electron chi connectivity index (χ2n) is 4.72. The number of carbonyl (C=O) groups excluding carboxylic acids is 1. The summed E-state index contributed by atoms with van der Waals surface area (Å²) >= 11 is 3.33. The van der Waals surface area contributed by atoms with E-state index in [-0.39, 0.29) is 30.7 Å². The molecule has 1 aliphatic rings. The van der Waals surface area contributed by atoms with Gasteiger partial charge in [-0.1, -0.05) is 15.9 Å². The quantitative estimate of drug-likeness (QED) is 0.787. The molecular weight excluding hydrogens is 365 g/mol. The van der Waals surface area contributed by atoms with E-state index in [1.165, 1.54) is 6.42 Å². The molecule has 4 nitrogen and oxygen atoms in total. The number of nitrogens with zero attached hydrogens (tertiary/aromatic N) is 1. The SMILES string of the molecule is CN1CCCC1CNC(=O)c1ccc(Br)cc1N.Cl.Cl. The van der Waals surface area contributed by atoms with E-state index in [0.717, 1.165) is 17.4 Å². The van der Waals surface area contributed by atoms with Gasteiger partial charge in [0.25, 0.3) is 5.91 Å². The lowest BCUT2D eigenvalue weighted by atomic mass is 10.1. The fourth-order valence-corrected chi connectivity index (χ4v) is 2.66. The molecule has 7 heteroatoms. The first kappa shape index (κ1) is 19.5. The van der Waals surface area contributed by atoms with Crippen LogP contribution in [0.3, 0.4) is 0 Å². The fourth-order valence-electron chi connectivity index (χ4n) is 2.28. The van der Waals surface area contributed by atoms with Crippen LogP contribution < -0.4 is 11.1 Å². The number of hydrogen-bond donors (Lipinski definition) is 2. The lowest BCUT2D eigenvalue weighted by molar-refractivity contribution is 0.0944. The van der Waals surface area contributed by atoms with Gasteiger partial charge in [0.1, 0.15) is 0 Å². The zero-order chi connectivity index (χ0) is 13.1. The van der Waals surface area contributed by atoms with E-state index in [2.05, 4.69) is 33.2 Å². The monoisotopic (exact) mass is 383 g/mol. The largest absolute Gasteiger partial charge is 0.398 e. The van der Waals surface area contributed by atoms with Crippen LogP contribution in [0.25, 0.3) is 0 Å². The third-order valence-electron chi connectivity index (χ3n) is 3.43. The normalized spacial score (nSPS) is 18.0. The summed E-state index contributed by atoms with van der Waals surface area (Å²) in [5.74, 6) is -0.0969. The highest BCUT2D eigenvalue weighted by Gasteiger charge is 2.21. The Morgan fingerprint density at radius 2 is 2.20 bits per heavy atom. The molecule has 0 bridgehead atoms. The van der Waals surface area contributed by atoms with Gasteiger partial charge in [-0.3, -0.25) is 4.79 Å². The van der Waals surface area contributed by atoms with E-state index >= 15 is 0 Å². The lowest BCUT2D eigenvalue weighted by Crippen LogP contribution is -2.38. The van der Waals surface area contributed by atoms with E-state index in [9.17, 15) is 4.79 Å². The Labute approximate surface area is 140 Å². The maximum atomic E-state index is 12.0. The predicted molar refractivity (Wildman–Crippen MR) is 91.0 cm³/mol. The number of rotatable bonds is 3. The maximum Gasteiger partial charge on any atom is 0.253 e. The zero-order valence-corrected chi connectivity index (χ0v) is 14.5.